The van der Waals surface area contributed by atoms with Crippen molar-refractivity contribution in [1.29, 1.82) is 0 Å². The fourth-order valence-electron chi connectivity index (χ4n) is 1.13. The van der Waals surface area contributed by atoms with Crippen molar-refractivity contribution < 1.29 is 70.3 Å². The molecule has 0 aliphatic carbocycles. The summed E-state index contributed by atoms with van der Waals surface area (Å²) in [5.74, 6) is 0.889. The van der Waals surface area contributed by atoms with Crippen LogP contribution in [0.5, 0.6) is 0 Å². The first kappa shape index (κ1) is 28.2. The van der Waals surface area contributed by atoms with Crippen LogP contribution < -0.4 is 0 Å². The second kappa shape index (κ2) is 24.0. The van der Waals surface area contributed by atoms with Gasteiger partial charge >= 0.3 is 64.9 Å². The van der Waals surface area contributed by atoms with Crippen molar-refractivity contribution in [3.8, 4) is 0 Å². The third-order valence-electron chi connectivity index (χ3n) is 1.80. The van der Waals surface area contributed by atoms with Crippen molar-refractivity contribution in [3.05, 3.63) is 13.8 Å². The molecule has 0 aliphatic rings. The summed E-state index contributed by atoms with van der Waals surface area (Å²) >= 11 is 7.39. The smallest absolute Gasteiger partial charge is 0 e. The average molecular weight is 736 g/mol. The van der Waals surface area contributed by atoms with E-state index in [1.165, 1.54) is 19.3 Å². The summed E-state index contributed by atoms with van der Waals surface area (Å²) in [5, 5.41) is 0. The predicted molar refractivity (Wildman–Crippen MR) is 85.0 cm³/mol. The van der Waals surface area contributed by atoms with E-state index in [1.807, 2.05) is 0 Å². The molecular formula is C9H18I3VY2-2. The van der Waals surface area contributed by atoms with Gasteiger partial charge in [0.25, 0.3) is 0 Å². The van der Waals surface area contributed by atoms with Crippen LogP contribution in [0.4, 0.5) is 0 Å². The molecule has 88 valence electrons. The Morgan fingerprint density at radius 3 is 1.40 bits per heavy atom. The largest absolute Gasteiger partial charge is 0 e. The van der Waals surface area contributed by atoms with Crippen molar-refractivity contribution in [3.63, 3.8) is 0 Å². The molecule has 0 rings (SSSR count). The van der Waals surface area contributed by atoms with Crippen LogP contribution in [0.15, 0.2) is 0 Å². The third kappa shape index (κ3) is 32.5. The van der Waals surface area contributed by atoms with Gasteiger partial charge in [0.2, 0.25) is 0 Å². The van der Waals surface area contributed by atoms with Gasteiger partial charge in [-0.2, -0.15) is 12.8 Å². The Morgan fingerprint density at radius 1 is 1.00 bits per heavy atom. The summed E-state index contributed by atoms with van der Waals surface area (Å²) in [6, 6.07) is 0. The summed E-state index contributed by atoms with van der Waals surface area (Å²) in [7, 11) is 0. The molecule has 0 nitrogen and oxygen atoms in total. The molecule has 2 radical (unpaired) electrons. The van der Waals surface area contributed by atoms with Crippen LogP contribution in [0.2, 0.25) is 0 Å². The van der Waals surface area contributed by atoms with Crippen molar-refractivity contribution in [2.75, 3.05) is 0 Å². The minimum Gasteiger partial charge on any atom is 0 e. The van der Waals surface area contributed by atoms with Gasteiger partial charge in [-0.3, -0.25) is 0 Å². The zero-order valence-corrected chi connectivity index (χ0v) is 22.8. The van der Waals surface area contributed by atoms with E-state index in [1.54, 1.807) is 0 Å². The quantitative estimate of drug-likeness (QED) is 0.244. The van der Waals surface area contributed by atoms with Crippen LogP contribution in [-0.4, -0.2) is 0 Å². The number of halogens is 3. The van der Waals surface area contributed by atoms with E-state index in [2.05, 4.69) is 80.7 Å². The molecular weight excluding hydrogens is 718 g/mol. The van der Waals surface area contributed by atoms with E-state index in [9.17, 15) is 0 Å². The Kier molecular flexibility index (Phi) is 45.2. The van der Waals surface area contributed by atoms with Gasteiger partial charge in [-0.25, -0.2) is 0 Å². The summed E-state index contributed by atoms with van der Waals surface area (Å²) in [6.45, 7) is 9.92. The van der Waals surface area contributed by atoms with Crippen LogP contribution in [0.25, 0.3) is 0 Å². The molecule has 0 aliphatic heterocycles. The van der Waals surface area contributed by atoms with Crippen molar-refractivity contribution in [2.24, 2.45) is 5.92 Å². The number of hydrogen-bond acceptors (Lipinski definition) is 0. The summed E-state index contributed by atoms with van der Waals surface area (Å²) < 4.78 is 0. The zero-order valence-electron chi connectivity index (χ0n) is 9.26. The van der Waals surface area contributed by atoms with E-state index in [4.69, 9.17) is 0 Å². The second-order valence-corrected chi connectivity index (χ2v) is 38.1. The molecule has 0 saturated carbocycles. The van der Waals surface area contributed by atoms with Crippen molar-refractivity contribution in [1.82, 2.24) is 0 Å². The van der Waals surface area contributed by atoms with Gasteiger partial charge in [-0.15, -0.1) is 0 Å². The Morgan fingerprint density at radius 2 is 1.27 bits per heavy atom. The molecule has 0 saturated heterocycles. The maximum absolute atomic E-state index is 3.84. The van der Waals surface area contributed by atoms with E-state index in [-0.39, 0.29) is 70.3 Å². The molecule has 0 aromatic rings. The molecule has 0 amide bonds. The van der Waals surface area contributed by atoms with Gasteiger partial charge in [-0.05, 0) is 5.92 Å². The SMILES string of the molecule is [CH2-]CCC(CC)CC[CH2-].[I][V]([I])[I].[Y].[Y]. The topological polar surface area (TPSA) is 0 Å². The van der Waals surface area contributed by atoms with Crippen LogP contribution >= 0.6 is 59.9 Å². The fraction of sp³-hybridized carbons (Fsp3) is 0.778. The van der Waals surface area contributed by atoms with Crippen LogP contribution in [0.1, 0.15) is 39.0 Å². The molecule has 0 atom stereocenters. The maximum atomic E-state index is 3.84. The van der Waals surface area contributed by atoms with Gasteiger partial charge in [0, 0.05) is 65.4 Å². The first-order valence-electron chi connectivity index (χ1n) is 4.44. The summed E-state index contributed by atoms with van der Waals surface area (Å²) in [5.41, 5.74) is 0. The van der Waals surface area contributed by atoms with E-state index >= 15 is 0 Å². The van der Waals surface area contributed by atoms with Gasteiger partial charge in [0.1, 0.15) is 0 Å². The Balaban J connectivity index is -0.0000000883. The fourth-order valence-corrected chi connectivity index (χ4v) is 1.13. The first-order chi connectivity index (χ1) is 6.08. The minimum atomic E-state index is -0.278. The van der Waals surface area contributed by atoms with Gasteiger partial charge in [0.05, 0.1) is 0 Å². The maximum Gasteiger partial charge on any atom is 0 e. The van der Waals surface area contributed by atoms with Crippen molar-refractivity contribution >= 4 is 59.9 Å². The average Bonchev–Trinajstić information content (AvgIpc) is 2.03. The first-order valence-corrected chi connectivity index (χ1v) is 18.0. The number of rotatable bonds is 5. The molecule has 0 spiro atoms. The van der Waals surface area contributed by atoms with Crippen LogP contribution in [0.3, 0.4) is 0 Å². The van der Waals surface area contributed by atoms with E-state index < -0.39 is 0 Å². The normalized spacial score (nSPS) is 8.80. The van der Waals surface area contributed by atoms with E-state index in [0.717, 1.165) is 18.8 Å². The second-order valence-electron chi connectivity index (χ2n) is 2.75. The van der Waals surface area contributed by atoms with Crippen LogP contribution in [-0.2, 0) is 70.3 Å². The van der Waals surface area contributed by atoms with Crippen LogP contribution in [0, 0.1) is 19.8 Å². The molecule has 0 fully saturated rings. The molecule has 15 heavy (non-hydrogen) atoms. The summed E-state index contributed by atoms with van der Waals surface area (Å²) in [6.07, 6.45) is 6.03. The molecule has 6 heteroatoms. The van der Waals surface area contributed by atoms with Gasteiger partial charge < -0.3 is 13.8 Å². The monoisotopic (exact) mass is 736 g/mol. The van der Waals surface area contributed by atoms with Gasteiger partial charge in [0.15, 0.2) is 0 Å². The summed E-state index contributed by atoms with van der Waals surface area (Å²) in [4.78, 5) is -0.278. The molecule has 0 N–H and O–H groups in total. The van der Waals surface area contributed by atoms with E-state index in [0.29, 0.717) is 0 Å². The molecule has 0 bridgehead atoms. The Hall–Kier alpha value is 4.98. The molecule has 0 unspecified atom stereocenters. The minimum absolute atomic E-state index is 0. The Bertz CT molecular complexity index is 88.7. The van der Waals surface area contributed by atoms with Gasteiger partial charge in [-0.1, -0.05) is 26.2 Å². The third-order valence-corrected chi connectivity index (χ3v) is 1.80. The predicted octanol–water partition coefficient (Wildman–Crippen LogP) is 5.89. The standard InChI is InChI=1S/C9H18.3HI.V.2Y/c1-4-7-9(6-3)8-5-2;;;;;;/h9H,1-2,4-8H2,3H3;3*1H;;;/q-2;;;;+3;;/p-3. The molecule has 0 heterocycles. The Labute approximate surface area is 184 Å². The van der Waals surface area contributed by atoms with Crippen molar-refractivity contribution in [2.45, 2.75) is 39.0 Å². The molecule has 0 aromatic carbocycles. The zero-order chi connectivity index (χ0) is 10.7. The number of hydrogen-bond donors (Lipinski definition) is 0. The molecule has 0 aromatic heterocycles.